The lowest BCUT2D eigenvalue weighted by molar-refractivity contribution is -0.00415. The largest absolute Gasteiger partial charge is 0.490 e. The normalized spacial score (nSPS) is 19.7. The van der Waals surface area contributed by atoms with Crippen LogP contribution in [0.3, 0.4) is 0 Å². The van der Waals surface area contributed by atoms with Crippen molar-refractivity contribution in [2.45, 2.75) is 50.2 Å². The Labute approximate surface area is 275 Å². The predicted molar refractivity (Wildman–Crippen MR) is 178 cm³/mol. The van der Waals surface area contributed by atoms with Crippen LogP contribution in [0.2, 0.25) is 0 Å². The smallest absolute Gasteiger partial charge is 0.323 e. The average Bonchev–Trinajstić information content (AvgIpc) is 3.04. The van der Waals surface area contributed by atoms with Crippen molar-refractivity contribution >= 4 is 33.3 Å². The van der Waals surface area contributed by atoms with Crippen LogP contribution in [0.4, 0.5) is 20.6 Å². The van der Waals surface area contributed by atoms with E-state index in [1.165, 1.54) is 28.4 Å². The fourth-order valence-electron chi connectivity index (χ4n) is 5.30. The Bertz CT molecular complexity index is 1590. The Morgan fingerprint density at radius 1 is 1.02 bits per heavy atom. The van der Waals surface area contributed by atoms with E-state index in [4.69, 9.17) is 9.47 Å². The molecule has 0 unspecified atom stereocenters. The number of carbonyl (C=O) groups is 2. The molecular formula is C34H43FN4O7S. The standard InChI is InChI=1S/C34H43FN4O7S/c1-24-22-39(18-19-40)33(41)30-21-28(37-34(42)36-27-10-5-4-6-11-27)14-17-31(30)46-25(2)9-7-8-20-45-32(24)23-38(3)47(43,44)29-15-12-26(35)13-16-29/h4-6,10-17,21,24-25,32,40H,7-9,18-20,22-23H2,1-3H3,(H2,36,37,42)/t24-,25+,32+/m1/s1. The number of aliphatic hydroxyl groups is 1. The maximum Gasteiger partial charge on any atom is 0.323 e. The quantitative estimate of drug-likeness (QED) is 0.300. The molecule has 0 aromatic heterocycles. The third kappa shape index (κ3) is 9.97. The van der Waals surface area contributed by atoms with E-state index in [2.05, 4.69) is 10.6 Å². The lowest BCUT2D eigenvalue weighted by Crippen LogP contribution is -2.45. The molecule has 13 heteroatoms. The number of anilines is 2. The van der Waals surface area contributed by atoms with E-state index >= 15 is 0 Å². The third-order valence-electron chi connectivity index (χ3n) is 7.92. The van der Waals surface area contributed by atoms with Crippen molar-refractivity contribution in [1.29, 1.82) is 0 Å². The number of para-hydroxylation sites is 1. The van der Waals surface area contributed by atoms with Crippen molar-refractivity contribution in [1.82, 2.24) is 9.21 Å². The number of fused-ring (bicyclic) bond motifs is 1. The van der Waals surface area contributed by atoms with Gasteiger partial charge < -0.3 is 30.1 Å². The van der Waals surface area contributed by atoms with E-state index < -0.39 is 33.9 Å². The van der Waals surface area contributed by atoms with Crippen LogP contribution in [0.15, 0.2) is 77.7 Å². The van der Waals surface area contributed by atoms with Crippen LogP contribution in [0.5, 0.6) is 5.75 Å². The lowest BCUT2D eigenvalue weighted by atomic mass is 10.0. The van der Waals surface area contributed by atoms with Crippen LogP contribution in [0, 0.1) is 11.7 Å². The number of nitrogens with one attached hydrogen (secondary N) is 2. The number of β-amino-alcohol motifs (C(OH)–C–C–N with tert-alkyl or cyclic N) is 1. The molecule has 3 aromatic carbocycles. The number of aliphatic hydroxyl groups excluding tert-OH is 1. The zero-order valence-corrected chi connectivity index (χ0v) is 27.7. The highest BCUT2D eigenvalue weighted by molar-refractivity contribution is 7.89. The van der Waals surface area contributed by atoms with Gasteiger partial charge in [0.05, 0.1) is 29.3 Å². The van der Waals surface area contributed by atoms with E-state index in [0.717, 1.165) is 18.6 Å². The summed E-state index contributed by atoms with van der Waals surface area (Å²) < 4.78 is 53.7. The molecule has 0 fully saturated rings. The fraction of sp³-hybridized carbons (Fsp3) is 0.412. The van der Waals surface area contributed by atoms with Crippen LogP contribution < -0.4 is 15.4 Å². The third-order valence-corrected chi connectivity index (χ3v) is 9.76. The minimum atomic E-state index is -3.95. The minimum Gasteiger partial charge on any atom is -0.490 e. The molecule has 0 radical (unpaired) electrons. The van der Waals surface area contributed by atoms with Gasteiger partial charge in [0.2, 0.25) is 10.0 Å². The average molecular weight is 671 g/mol. The molecule has 11 nitrogen and oxygen atoms in total. The zero-order valence-electron chi connectivity index (χ0n) is 26.9. The first-order chi connectivity index (χ1) is 22.5. The Morgan fingerprint density at radius 2 is 1.72 bits per heavy atom. The van der Waals surface area contributed by atoms with Crippen molar-refractivity contribution in [3.63, 3.8) is 0 Å². The Morgan fingerprint density at radius 3 is 2.43 bits per heavy atom. The van der Waals surface area contributed by atoms with Gasteiger partial charge in [-0.1, -0.05) is 25.1 Å². The van der Waals surface area contributed by atoms with Crippen LogP contribution >= 0.6 is 0 Å². The summed E-state index contributed by atoms with van der Waals surface area (Å²) in [6.45, 7) is 3.95. The van der Waals surface area contributed by atoms with Gasteiger partial charge in [0.15, 0.2) is 0 Å². The summed E-state index contributed by atoms with van der Waals surface area (Å²) in [5.74, 6) is -0.978. The Balaban J connectivity index is 1.59. The van der Waals surface area contributed by atoms with Gasteiger partial charge in [-0.25, -0.2) is 17.6 Å². The van der Waals surface area contributed by atoms with E-state index in [0.29, 0.717) is 36.6 Å². The van der Waals surface area contributed by atoms with Crippen LogP contribution in [-0.2, 0) is 14.8 Å². The van der Waals surface area contributed by atoms with Gasteiger partial charge in [0.25, 0.3) is 5.91 Å². The van der Waals surface area contributed by atoms with Crippen molar-refractivity contribution in [2.75, 3.05) is 50.5 Å². The first-order valence-electron chi connectivity index (χ1n) is 15.7. The van der Waals surface area contributed by atoms with Crippen molar-refractivity contribution < 1.29 is 37.0 Å². The summed E-state index contributed by atoms with van der Waals surface area (Å²) in [6.07, 6.45) is 1.31. The molecule has 0 aliphatic carbocycles. The number of hydrogen-bond acceptors (Lipinski definition) is 7. The summed E-state index contributed by atoms with van der Waals surface area (Å²) in [5, 5.41) is 15.4. The summed E-state index contributed by atoms with van der Waals surface area (Å²) in [5.41, 5.74) is 1.18. The predicted octanol–water partition coefficient (Wildman–Crippen LogP) is 5.20. The first kappa shape index (κ1) is 35.8. The Hall–Kier alpha value is -4.04. The van der Waals surface area contributed by atoms with Gasteiger partial charge in [0, 0.05) is 50.6 Å². The number of rotatable bonds is 8. The number of halogens is 1. The maximum atomic E-state index is 14.1. The molecule has 1 aliphatic heterocycles. The molecule has 4 rings (SSSR count). The first-order valence-corrected chi connectivity index (χ1v) is 17.1. The monoisotopic (exact) mass is 670 g/mol. The van der Waals surface area contributed by atoms with Crippen LogP contribution in [0.25, 0.3) is 0 Å². The number of hydrogen-bond donors (Lipinski definition) is 3. The Kier molecular flexibility index (Phi) is 12.7. The number of benzene rings is 3. The number of carbonyl (C=O) groups excluding carboxylic acids is 2. The van der Waals surface area contributed by atoms with E-state index in [1.807, 2.05) is 19.9 Å². The summed E-state index contributed by atoms with van der Waals surface area (Å²) in [4.78, 5) is 28.3. The van der Waals surface area contributed by atoms with E-state index in [-0.39, 0.29) is 48.7 Å². The molecule has 0 saturated heterocycles. The molecule has 3 atom stereocenters. The van der Waals surface area contributed by atoms with Crippen LogP contribution in [0.1, 0.15) is 43.5 Å². The molecule has 1 aliphatic rings. The number of ether oxygens (including phenoxy) is 2. The second-order valence-corrected chi connectivity index (χ2v) is 13.7. The molecular weight excluding hydrogens is 627 g/mol. The lowest BCUT2D eigenvalue weighted by Gasteiger charge is -2.33. The summed E-state index contributed by atoms with van der Waals surface area (Å²) >= 11 is 0. The molecule has 3 amide bonds. The maximum absolute atomic E-state index is 14.1. The second kappa shape index (κ2) is 16.7. The molecule has 3 N–H and O–H groups in total. The van der Waals surface area contributed by atoms with E-state index in [9.17, 15) is 27.5 Å². The number of likely N-dealkylation sites (N-methyl/N-ethyl adjacent to an activating group) is 1. The number of urea groups is 1. The highest BCUT2D eigenvalue weighted by Gasteiger charge is 2.31. The molecule has 3 aromatic rings. The molecule has 47 heavy (non-hydrogen) atoms. The van der Waals surface area contributed by atoms with Crippen LogP contribution in [-0.4, -0.2) is 86.8 Å². The number of amides is 3. The summed E-state index contributed by atoms with van der Waals surface area (Å²) in [6, 6.07) is 17.9. The van der Waals surface area contributed by atoms with Crippen molar-refractivity contribution in [2.24, 2.45) is 5.92 Å². The van der Waals surface area contributed by atoms with Crippen molar-refractivity contribution in [3.8, 4) is 5.75 Å². The SMILES string of the molecule is C[C@@H]1CN(CCO)C(=O)c2cc(NC(=O)Nc3ccccc3)ccc2O[C@@H](C)CCCCO[C@H]1CN(C)S(=O)(=O)c1ccc(F)cc1. The van der Waals surface area contributed by atoms with Gasteiger partial charge in [0.1, 0.15) is 11.6 Å². The zero-order chi connectivity index (χ0) is 34.0. The topological polar surface area (TPSA) is 138 Å². The second-order valence-electron chi connectivity index (χ2n) is 11.7. The van der Waals surface area contributed by atoms with Gasteiger partial charge in [-0.2, -0.15) is 4.31 Å². The molecule has 254 valence electrons. The minimum absolute atomic E-state index is 0.000748. The molecule has 0 spiro atoms. The molecule has 0 bridgehead atoms. The number of sulfonamides is 1. The van der Waals surface area contributed by atoms with Gasteiger partial charge in [-0.3, -0.25) is 4.79 Å². The van der Waals surface area contributed by atoms with Gasteiger partial charge >= 0.3 is 6.03 Å². The molecule has 0 saturated carbocycles. The van der Waals surface area contributed by atoms with Gasteiger partial charge in [-0.05, 0) is 80.8 Å². The fourth-order valence-corrected chi connectivity index (χ4v) is 6.49. The summed E-state index contributed by atoms with van der Waals surface area (Å²) in [7, 11) is -2.51. The highest BCUT2D eigenvalue weighted by Crippen LogP contribution is 2.28. The van der Waals surface area contributed by atoms with E-state index in [1.54, 1.807) is 42.5 Å². The number of nitrogens with zero attached hydrogens (tertiary/aromatic N) is 2. The van der Waals surface area contributed by atoms with Gasteiger partial charge in [-0.15, -0.1) is 0 Å². The van der Waals surface area contributed by atoms with Crippen molar-refractivity contribution in [3.05, 3.63) is 84.2 Å². The molecule has 1 heterocycles. The highest BCUT2D eigenvalue weighted by atomic mass is 32.2.